The third-order valence-corrected chi connectivity index (χ3v) is 10.0. The van der Waals surface area contributed by atoms with Crippen LogP contribution >= 0.6 is 23.2 Å². The fourth-order valence-corrected chi connectivity index (χ4v) is 7.39. The largest absolute Gasteiger partial charge is 0.326 e. The molecule has 0 radical (unpaired) electrons. The first-order valence-corrected chi connectivity index (χ1v) is 15.7. The standard InChI is InChI=1S/C26H27Cl2N3O5S2/c1-18-4-8-23(9-5-18)30-38(35,36)24-12-10-22(11-13-24)29-26(32)19-3-2-14-31(16-19)37(33,34)17-20-6-7-21(27)15-25(20)28/h4-13,15,19,30H,2-3,14,16-17H2,1H3,(H,29,32)/t19-/m1/s1. The number of amides is 1. The van der Waals surface area contributed by atoms with Crippen LogP contribution < -0.4 is 10.0 Å². The Kier molecular flexibility index (Phi) is 8.68. The van der Waals surface area contributed by atoms with E-state index in [4.69, 9.17) is 23.2 Å². The molecule has 0 unspecified atom stereocenters. The van der Waals surface area contributed by atoms with Gasteiger partial charge in [0, 0.05) is 34.5 Å². The number of nitrogens with one attached hydrogen (secondary N) is 2. The van der Waals surface area contributed by atoms with Gasteiger partial charge in [-0.05, 0) is 73.9 Å². The number of halogens is 2. The molecule has 1 aliphatic rings. The van der Waals surface area contributed by atoms with Crippen LogP contribution in [-0.2, 0) is 30.6 Å². The maximum atomic E-state index is 13.0. The topological polar surface area (TPSA) is 113 Å². The molecule has 12 heteroatoms. The van der Waals surface area contributed by atoms with E-state index in [9.17, 15) is 21.6 Å². The van der Waals surface area contributed by atoms with Crippen molar-refractivity contribution in [1.29, 1.82) is 0 Å². The molecule has 0 aliphatic carbocycles. The quantitative estimate of drug-likeness (QED) is 0.367. The van der Waals surface area contributed by atoms with Gasteiger partial charge >= 0.3 is 0 Å². The maximum absolute atomic E-state index is 13.0. The van der Waals surface area contributed by atoms with Crippen LogP contribution in [0.15, 0.2) is 71.6 Å². The van der Waals surface area contributed by atoms with Crippen molar-refractivity contribution in [2.45, 2.75) is 30.4 Å². The molecule has 3 aromatic carbocycles. The average Bonchev–Trinajstić information content (AvgIpc) is 2.87. The lowest BCUT2D eigenvalue weighted by Gasteiger charge is -2.31. The van der Waals surface area contributed by atoms with E-state index >= 15 is 0 Å². The highest BCUT2D eigenvalue weighted by Gasteiger charge is 2.33. The highest BCUT2D eigenvalue weighted by atomic mass is 35.5. The van der Waals surface area contributed by atoms with Crippen molar-refractivity contribution in [3.8, 4) is 0 Å². The first-order chi connectivity index (χ1) is 17.9. The Hall–Kier alpha value is -2.63. The summed E-state index contributed by atoms with van der Waals surface area (Å²) in [5.74, 6) is -1.17. The molecule has 1 aliphatic heterocycles. The minimum Gasteiger partial charge on any atom is -0.326 e. The summed E-state index contributed by atoms with van der Waals surface area (Å²) in [7, 11) is -7.51. The molecule has 1 fully saturated rings. The third kappa shape index (κ3) is 7.06. The lowest BCUT2D eigenvalue weighted by Crippen LogP contribution is -2.44. The summed E-state index contributed by atoms with van der Waals surface area (Å²) in [4.78, 5) is 13.0. The van der Waals surface area contributed by atoms with Gasteiger partial charge in [0.05, 0.1) is 16.6 Å². The van der Waals surface area contributed by atoms with E-state index in [1.807, 2.05) is 6.92 Å². The van der Waals surface area contributed by atoms with Crippen molar-refractivity contribution in [3.05, 3.63) is 87.9 Å². The number of aryl methyl sites for hydroxylation is 1. The van der Waals surface area contributed by atoms with E-state index in [-0.39, 0.29) is 28.1 Å². The summed E-state index contributed by atoms with van der Waals surface area (Å²) in [5, 5.41) is 3.46. The Labute approximate surface area is 233 Å². The molecule has 8 nitrogen and oxygen atoms in total. The number of carbonyl (C=O) groups is 1. The van der Waals surface area contributed by atoms with Crippen molar-refractivity contribution in [1.82, 2.24) is 4.31 Å². The van der Waals surface area contributed by atoms with E-state index in [0.717, 1.165) is 5.56 Å². The van der Waals surface area contributed by atoms with E-state index in [0.29, 0.717) is 41.3 Å². The van der Waals surface area contributed by atoms with Crippen molar-refractivity contribution in [2.75, 3.05) is 23.1 Å². The van der Waals surface area contributed by atoms with Gasteiger partial charge in [-0.15, -0.1) is 0 Å². The second-order valence-electron chi connectivity index (χ2n) is 9.17. The average molecular weight is 597 g/mol. The Morgan fingerprint density at radius 1 is 0.947 bits per heavy atom. The Morgan fingerprint density at radius 3 is 2.26 bits per heavy atom. The van der Waals surface area contributed by atoms with Crippen LogP contribution in [0.5, 0.6) is 0 Å². The number of hydrogen-bond acceptors (Lipinski definition) is 5. The summed E-state index contributed by atoms with van der Waals surface area (Å²) < 4.78 is 55.3. The van der Waals surface area contributed by atoms with Gasteiger partial charge < -0.3 is 5.32 Å². The molecule has 0 spiro atoms. The number of rotatable bonds is 8. The second kappa shape index (κ2) is 11.6. The molecule has 1 atom stereocenters. The number of piperidine rings is 1. The van der Waals surface area contributed by atoms with Crippen molar-refractivity contribution in [3.63, 3.8) is 0 Å². The van der Waals surface area contributed by atoms with Gasteiger partial charge in [-0.1, -0.05) is 47.0 Å². The van der Waals surface area contributed by atoms with Crippen LogP contribution in [0, 0.1) is 12.8 Å². The lowest BCUT2D eigenvalue weighted by atomic mass is 9.99. The number of sulfonamides is 2. The van der Waals surface area contributed by atoms with Gasteiger partial charge in [0.15, 0.2) is 0 Å². The molecular weight excluding hydrogens is 569 g/mol. The highest BCUT2D eigenvalue weighted by molar-refractivity contribution is 7.92. The van der Waals surface area contributed by atoms with Gasteiger partial charge in [-0.2, -0.15) is 0 Å². The third-order valence-electron chi connectivity index (χ3n) is 6.24. The normalized spacial score (nSPS) is 16.7. The Morgan fingerprint density at radius 2 is 1.61 bits per heavy atom. The summed E-state index contributed by atoms with van der Waals surface area (Å²) in [6.45, 7) is 2.27. The van der Waals surface area contributed by atoms with Crippen LogP contribution in [0.2, 0.25) is 10.0 Å². The molecule has 2 N–H and O–H groups in total. The van der Waals surface area contributed by atoms with E-state index in [2.05, 4.69) is 10.0 Å². The van der Waals surface area contributed by atoms with Crippen LogP contribution in [0.1, 0.15) is 24.0 Å². The van der Waals surface area contributed by atoms with Crippen LogP contribution in [0.4, 0.5) is 11.4 Å². The number of carbonyl (C=O) groups excluding carboxylic acids is 1. The lowest BCUT2D eigenvalue weighted by molar-refractivity contribution is -0.120. The molecular formula is C26H27Cl2N3O5S2. The molecule has 1 heterocycles. The monoisotopic (exact) mass is 595 g/mol. The predicted molar refractivity (Wildman–Crippen MR) is 150 cm³/mol. The fourth-order valence-electron chi connectivity index (χ4n) is 4.13. The summed E-state index contributed by atoms with van der Waals surface area (Å²) in [6, 6.07) is 17.4. The smallest absolute Gasteiger partial charge is 0.261 e. The summed E-state index contributed by atoms with van der Waals surface area (Å²) >= 11 is 12.1. The predicted octanol–water partition coefficient (Wildman–Crippen LogP) is 5.28. The molecule has 1 amide bonds. The van der Waals surface area contributed by atoms with Crippen molar-refractivity contribution in [2.24, 2.45) is 5.92 Å². The maximum Gasteiger partial charge on any atom is 0.261 e. The summed E-state index contributed by atoms with van der Waals surface area (Å²) in [6.07, 6.45) is 1.07. The minimum atomic E-state index is -3.80. The van der Waals surface area contributed by atoms with Crippen LogP contribution in [0.25, 0.3) is 0 Å². The zero-order valence-electron chi connectivity index (χ0n) is 20.5. The van der Waals surface area contributed by atoms with Gasteiger partial charge in [-0.25, -0.2) is 21.1 Å². The van der Waals surface area contributed by atoms with E-state index in [1.165, 1.54) is 34.6 Å². The molecule has 4 rings (SSSR count). The number of nitrogens with zero attached hydrogens (tertiary/aromatic N) is 1. The van der Waals surface area contributed by atoms with Crippen molar-refractivity contribution >= 4 is 60.5 Å². The number of benzene rings is 3. The number of hydrogen-bond donors (Lipinski definition) is 2. The van der Waals surface area contributed by atoms with Crippen LogP contribution in [-0.4, -0.2) is 40.1 Å². The molecule has 0 bridgehead atoms. The van der Waals surface area contributed by atoms with Crippen molar-refractivity contribution < 1.29 is 21.6 Å². The molecule has 1 saturated heterocycles. The SMILES string of the molecule is Cc1ccc(NS(=O)(=O)c2ccc(NC(=O)[C@@H]3CCCN(S(=O)(=O)Cc4ccc(Cl)cc4Cl)C3)cc2)cc1. The molecule has 3 aromatic rings. The van der Waals surface area contributed by atoms with Gasteiger partial charge in [-0.3, -0.25) is 9.52 Å². The fraction of sp³-hybridized carbons (Fsp3) is 0.269. The molecule has 0 aromatic heterocycles. The Balaban J connectivity index is 1.38. The first-order valence-electron chi connectivity index (χ1n) is 11.9. The highest BCUT2D eigenvalue weighted by Crippen LogP contribution is 2.27. The van der Waals surface area contributed by atoms with Gasteiger partial charge in [0.1, 0.15) is 0 Å². The zero-order chi connectivity index (χ0) is 27.5. The molecule has 0 saturated carbocycles. The van der Waals surface area contributed by atoms with E-state index < -0.39 is 26.0 Å². The van der Waals surface area contributed by atoms with Gasteiger partial charge in [0.2, 0.25) is 15.9 Å². The second-order valence-corrected chi connectivity index (χ2v) is 13.7. The summed E-state index contributed by atoms with van der Waals surface area (Å²) in [5.41, 5.74) is 2.31. The number of anilines is 2. The van der Waals surface area contributed by atoms with E-state index in [1.54, 1.807) is 36.4 Å². The minimum absolute atomic E-state index is 0.0479. The molecule has 38 heavy (non-hydrogen) atoms. The van der Waals surface area contributed by atoms with Gasteiger partial charge in [0.25, 0.3) is 10.0 Å². The van der Waals surface area contributed by atoms with Crippen LogP contribution in [0.3, 0.4) is 0 Å². The first kappa shape index (κ1) is 28.4. The molecule has 202 valence electrons. The zero-order valence-corrected chi connectivity index (χ0v) is 23.7. The Bertz CT molecular complexity index is 1530.